The van der Waals surface area contributed by atoms with Gasteiger partial charge in [-0.25, -0.2) is 4.79 Å². The minimum absolute atomic E-state index is 0.00848. The summed E-state index contributed by atoms with van der Waals surface area (Å²) in [6, 6.07) is 28.2. The highest BCUT2D eigenvalue weighted by atomic mass is 16.5. The van der Waals surface area contributed by atoms with Crippen LogP contribution in [0.5, 0.6) is 5.75 Å². The number of amides is 4. The molecule has 10 nitrogen and oxygen atoms in total. The molecule has 4 amide bonds. The van der Waals surface area contributed by atoms with Crippen LogP contribution in [0.4, 0.5) is 4.79 Å². The Morgan fingerprint density at radius 1 is 0.958 bits per heavy atom. The highest BCUT2D eigenvalue weighted by Gasteiger charge is 2.52. The first kappa shape index (κ1) is 31.3. The van der Waals surface area contributed by atoms with Crippen LogP contribution in [-0.2, 0) is 29.1 Å². The number of fused-ring (bicyclic) bond motifs is 3. The van der Waals surface area contributed by atoms with E-state index in [1.807, 2.05) is 90.5 Å². The molecule has 7 rings (SSSR count). The molecule has 0 saturated carbocycles. The quantitative estimate of drug-likeness (QED) is 0.226. The van der Waals surface area contributed by atoms with Crippen molar-refractivity contribution >= 4 is 39.6 Å². The number of methoxy groups -OCH3 is 1. The Bertz CT molecular complexity index is 1970. The summed E-state index contributed by atoms with van der Waals surface area (Å²) in [6.07, 6.45) is 1.46. The summed E-state index contributed by atoms with van der Waals surface area (Å²) in [4.78, 5) is 45.7. The van der Waals surface area contributed by atoms with E-state index in [9.17, 15) is 14.4 Å². The van der Waals surface area contributed by atoms with Gasteiger partial charge in [0.2, 0.25) is 11.8 Å². The number of carbonyl (C=O) groups excluding carboxylic acids is 3. The molecular weight excluding hydrogens is 606 g/mol. The van der Waals surface area contributed by atoms with Crippen molar-refractivity contribution in [1.29, 1.82) is 0 Å². The third-order valence-corrected chi connectivity index (χ3v) is 9.33. The predicted molar refractivity (Wildman–Crippen MR) is 183 cm³/mol. The molecule has 0 spiro atoms. The minimum atomic E-state index is -0.739. The van der Waals surface area contributed by atoms with Crippen molar-refractivity contribution in [3.8, 4) is 5.75 Å². The van der Waals surface area contributed by atoms with Crippen LogP contribution < -0.4 is 10.1 Å². The third kappa shape index (κ3) is 5.95. The van der Waals surface area contributed by atoms with E-state index >= 15 is 0 Å². The Hall–Kier alpha value is -5.35. The summed E-state index contributed by atoms with van der Waals surface area (Å²) < 4.78 is 10.8. The van der Waals surface area contributed by atoms with E-state index < -0.39 is 12.2 Å². The van der Waals surface area contributed by atoms with E-state index in [0.29, 0.717) is 19.5 Å². The lowest BCUT2D eigenvalue weighted by molar-refractivity contribution is -0.158. The number of hydrogen-bond donors (Lipinski definition) is 1. The molecule has 5 aromatic rings. The molecule has 0 radical (unpaired) electrons. The van der Waals surface area contributed by atoms with Crippen molar-refractivity contribution in [3.63, 3.8) is 0 Å². The van der Waals surface area contributed by atoms with Crippen LogP contribution in [-0.4, -0.2) is 76.1 Å². The minimum Gasteiger partial charge on any atom is -0.497 e. The molecule has 10 heteroatoms. The lowest BCUT2D eigenvalue weighted by Gasteiger charge is -2.47. The van der Waals surface area contributed by atoms with Gasteiger partial charge in [0, 0.05) is 30.9 Å². The lowest BCUT2D eigenvalue weighted by Crippen LogP contribution is -2.66. The molecule has 2 atom stereocenters. The summed E-state index contributed by atoms with van der Waals surface area (Å²) in [5.74, 6) is 0.451. The Morgan fingerprint density at radius 2 is 1.73 bits per heavy atom. The van der Waals surface area contributed by atoms with Crippen LogP contribution in [0.2, 0.25) is 0 Å². The summed E-state index contributed by atoms with van der Waals surface area (Å²) in [7, 11) is 1.61. The van der Waals surface area contributed by atoms with Crippen molar-refractivity contribution in [2.24, 2.45) is 0 Å². The van der Waals surface area contributed by atoms with Gasteiger partial charge in [-0.05, 0) is 71.6 Å². The number of rotatable bonds is 9. The number of urea groups is 1. The van der Waals surface area contributed by atoms with Crippen molar-refractivity contribution in [3.05, 3.63) is 114 Å². The van der Waals surface area contributed by atoms with E-state index in [1.54, 1.807) is 23.3 Å². The molecule has 0 aliphatic carbocycles. The van der Waals surface area contributed by atoms with Crippen LogP contribution in [0.25, 0.3) is 21.7 Å². The topological polar surface area (TPSA) is 98.6 Å². The van der Waals surface area contributed by atoms with E-state index in [2.05, 4.69) is 29.6 Å². The zero-order chi connectivity index (χ0) is 33.4. The smallest absolute Gasteiger partial charge is 0.332 e. The number of benzene rings is 4. The van der Waals surface area contributed by atoms with Crippen molar-refractivity contribution < 1.29 is 23.5 Å². The van der Waals surface area contributed by atoms with E-state index in [4.69, 9.17) is 9.15 Å². The van der Waals surface area contributed by atoms with Crippen molar-refractivity contribution in [2.75, 3.05) is 20.2 Å². The van der Waals surface area contributed by atoms with Gasteiger partial charge in [-0.15, -0.1) is 0 Å². The van der Waals surface area contributed by atoms with Crippen LogP contribution in [0.15, 0.2) is 102 Å². The maximum absolute atomic E-state index is 14.4. The number of hydrazine groups is 1. The average molecular weight is 646 g/mol. The van der Waals surface area contributed by atoms with Gasteiger partial charge in [0.05, 0.1) is 26.5 Å². The summed E-state index contributed by atoms with van der Waals surface area (Å²) in [5.41, 5.74) is 3.64. The normalized spacial score (nSPS) is 18.2. The molecule has 48 heavy (non-hydrogen) atoms. The summed E-state index contributed by atoms with van der Waals surface area (Å²) in [6.45, 7) is 4.81. The fourth-order valence-corrected chi connectivity index (χ4v) is 7.02. The largest absolute Gasteiger partial charge is 0.497 e. The molecular formula is C38H39N5O5. The van der Waals surface area contributed by atoms with Crippen molar-refractivity contribution in [1.82, 2.24) is 25.1 Å². The standard InChI is InChI=1S/C38H39N5O5/c1-25(2)43(38(46)39-21-26-11-14-31(47-3)15-12-26)41-24-36(44)42-33(20-27-13-16-34-29(19-27)17-18-48-34)37(45)40(23-35(41)42)22-30-9-6-8-28-7-4-5-10-32(28)30/h4-19,25,33,35H,20-24H2,1-3H3,(H,39,46)/t33-,35+/m0/s1. The molecule has 2 aliphatic heterocycles. The number of carbonyl (C=O) groups is 3. The first-order valence-corrected chi connectivity index (χ1v) is 16.3. The van der Waals surface area contributed by atoms with Gasteiger partial charge in [0.25, 0.3) is 0 Å². The Kier molecular flexibility index (Phi) is 8.49. The lowest BCUT2D eigenvalue weighted by atomic mass is 9.98. The first-order chi connectivity index (χ1) is 23.3. The number of furan rings is 1. The molecule has 1 N–H and O–H groups in total. The monoisotopic (exact) mass is 645 g/mol. The molecule has 2 saturated heterocycles. The van der Waals surface area contributed by atoms with Crippen molar-refractivity contribution in [2.45, 2.75) is 51.6 Å². The van der Waals surface area contributed by atoms with Gasteiger partial charge >= 0.3 is 6.03 Å². The molecule has 4 aromatic carbocycles. The van der Waals surface area contributed by atoms with Gasteiger partial charge in [0.15, 0.2) is 0 Å². The molecule has 0 bridgehead atoms. The molecule has 2 fully saturated rings. The maximum Gasteiger partial charge on any atom is 0.332 e. The molecule has 0 unspecified atom stereocenters. The molecule has 246 valence electrons. The molecule has 3 heterocycles. The second-order valence-electron chi connectivity index (χ2n) is 12.7. The van der Waals surface area contributed by atoms with Crippen LogP contribution >= 0.6 is 0 Å². The second kappa shape index (κ2) is 13.0. The van der Waals surface area contributed by atoms with E-state index in [0.717, 1.165) is 44.2 Å². The number of nitrogens with one attached hydrogen (secondary N) is 1. The van der Waals surface area contributed by atoms with E-state index in [1.165, 1.54) is 0 Å². The van der Waals surface area contributed by atoms with Gasteiger partial charge in [-0.2, -0.15) is 5.01 Å². The van der Waals surface area contributed by atoms with Crippen LogP contribution in [0.3, 0.4) is 0 Å². The van der Waals surface area contributed by atoms with Gasteiger partial charge in [-0.3, -0.25) is 14.6 Å². The first-order valence-electron chi connectivity index (χ1n) is 16.3. The number of ether oxygens (including phenoxy) is 1. The Balaban J connectivity index is 1.20. The average Bonchev–Trinajstić information content (AvgIpc) is 3.69. The fraction of sp³-hybridized carbons (Fsp3) is 0.289. The van der Waals surface area contributed by atoms with Gasteiger partial charge in [0.1, 0.15) is 23.5 Å². The highest BCUT2D eigenvalue weighted by molar-refractivity contribution is 5.93. The zero-order valence-electron chi connectivity index (χ0n) is 27.3. The number of nitrogens with zero attached hydrogens (tertiary/aromatic N) is 4. The molecule has 2 aliphatic rings. The SMILES string of the molecule is COc1ccc(CNC(=O)N(C(C)C)N2CC(=O)N3[C@@H](Cc4ccc5occc5c4)C(=O)N(Cc4cccc5ccccc45)C[C@@H]32)cc1. The predicted octanol–water partition coefficient (Wildman–Crippen LogP) is 5.55. The Labute approximate surface area is 279 Å². The molecule has 1 aromatic heterocycles. The Morgan fingerprint density at radius 3 is 2.52 bits per heavy atom. The van der Waals surface area contributed by atoms with Gasteiger partial charge in [-0.1, -0.05) is 60.7 Å². The second-order valence-corrected chi connectivity index (χ2v) is 12.7. The highest BCUT2D eigenvalue weighted by Crippen LogP contribution is 2.32. The van der Waals surface area contributed by atoms with Crippen LogP contribution in [0.1, 0.15) is 30.5 Å². The number of piperazine rings is 1. The van der Waals surface area contributed by atoms with Crippen LogP contribution in [0, 0.1) is 0 Å². The summed E-state index contributed by atoms with van der Waals surface area (Å²) >= 11 is 0. The van der Waals surface area contributed by atoms with Gasteiger partial charge < -0.3 is 24.3 Å². The zero-order valence-corrected chi connectivity index (χ0v) is 27.3. The fourth-order valence-electron chi connectivity index (χ4n) is 7.02. The van der Waals surface area contributed by atoms with E-state index in [-0.39, 0.29) is 37.0 Å². The maximum atomic E-state index is 14.4. The summed E-state index contributed by atoms with van der Waals surface area (Å²) in [5, 5.41) is 9.63. The third-order valence-electron chi connectivity index (χ3n) is 9.33. The number of hydrogen-bond acceptors (Lipinski definition) is 6.